The molecule has 1 aliphatic carbocycles. The van der Waals surface area contributed by atoms with E-state index in [4.69, 9.17) is 4.99 Å². The zero-order valence-electron chi connectivity index (χ0n) is 10.8. The third-order valence-corrected chi connectivity index (χ3v) is 6.01. The third kappa shape index (κ3) is 2.29. The van der Waals surface area contributed by atoms with Crippen LogP contribution in [-0.2, 0) is 0 Å². The predicted octanol–water partition coefficient (Wildman–Crippen LogP) is 2.25. The van der Waals surface area contributed by atoms with Crippen molar-refractivity contribution in [1.82, 2.24) is 10.2 Å². The lowest BCUT2D eigenvalue weighted by Gasteiger charge is -2.23. The van der Waals surface area contributed by atoms with Crippen LogP contribution in [0.1, 0.15) is 25.7 Å². The summed E-state index contributed by atoms with van der Waals surface area (Å²) in [7, 11) is 0. The first kappa shape index (κ1) is 12.1. The summed E-state index contributed by atoms with van der Waals surface area (Å²) in [6, 6.07) is 1.17. The average Bonchev–Trinajstić information content (AvgIpc) is 3.11. The van der Waals surface area contributed by atoms with Crippen LogP contribution >= 0.6 is 23.5 Å². The second kappa shape index (κ2) is 5.05. The van der Waals surface area contributed by atoms with Gasteiger partial charge in [0, 0.05) is 18.0 Å². The van der Waals surface area contributed by atoms with Gasteiger partial charge in [-0.15, -0.1) is 0 Å². The zero-order valence-corrected chi connectivity index (χ0v) is 12.5. The van der Waals surface area contributed by atoms with Crippen LogP contribution in [0.4, 0.5) is 0 Å². The summed E-state index contributed by atoms with van der Waals surface area (Å²) >= 11 is 3.62. The van der Waals surface area contributed by atoms with E-state index in [2.05, 4.69) is 20.6 Å². The summed E-state index contributed by atoms with van der Waals surface area (Å²) in [6.07, 6.45) is 5.26. The lowest BCUT2D eigenvalue weighted by molar-refractivity contribution is 0.385. The summed E-state index contributed by atoms with van der Waals surface area (Å²) in [6.45, 7) is 2.01. The Balaban J connectivity index is 1.35. The highest BCUT2D eigenvalue weighted by Crippen LogP contribution is 2.32. The first-order valence-corrected chi connectivity index (χ1v) is 8.91. The predicted molar refractivity (Wildman–Crippen MR) is 83.8 cm³/mol. The Kier molecular flexibility index (Phi) is 3.23. The highest BCUT2D eigenvalue weighted by atomic mass is 32.2. The van der Waals surface area contributed by atoms with E-state index >= 15 is 0 Å². The van der Waals surface area contributed by atoms with E-state index in [-0.39, 0.29) is 0 Å². The Morgan fingerprint density at radius 2 is 2.37 bits per heavy atom. The van der Waals surface area contributed by atoms with Crippen LogP contribution in [0.5, 0.6) is 0 Å². The lowest BCUT2D eigenvalue weighted by atomic mass is 9.92. The van der Waals surface area contributed by atoms with Crippen LogP contribution in [0.3, 0.4) is 0 Å². The molecule has 3 heterocycles. The molecule has 0 aromatic rings. The van der Waals surface area contributed by atoms with Gasteiger partial charge in [0.1, 0.15) is 0 Å². The van der Waals surface area contributed by atoms with Crippen LogP contribution in [0.15, 0.2) is 21.1 Å². The maximum absolute atomic E-state index is 4.84. The summed E-state index contributed by atoms with van der Waals surface area (Å²) in [5, 5.41) is 8.20. The van der Waals surface area contributed by atoms with Gasteiger partial charge in [0.2, 0.25) is 0 Å². The molecule has 0 unspecified atom stereocenters. The molecule has 0 aromatic carbocycles. The van der Waals surface area contributed by atoms with E-state index in [0.29, 0.717) is 12.1 Å². The van der Waals surface area contributed by atoms with Gasteiger partial charge in [-0.1, -0.05) is 36.4 Å². The first-order chi connectivity index (χ1) is 9.40. The molecule has 4 rings (SSSR count). The fourth-order valence-electron chi connectivity index (χ4n) is 3.09. The van der Waals surface area contributed by atoms with Crippen molar-refractivity contribution < 1.29 is 0 Å². The standard InChI is InChI=1S/C13H18N4S2/c1-2-4-11-10(3-1)15-12(16-11)18-7-9-8-19-13-14-5-6-17(9)13/h8,10-11H,1-7H2,(H,15,16)/t10-,11-/m0/s1. The van der Waals surface area contributed by atoms with Crippen LogP contribution in [0.2, 0.25) is 0 Å². The Bertz CT molecular complexity index is 471. The Morgan fingerprint density at radius 3 is 3.32 bits per heavy atom. The molecule has 4 nitrogen and oxygen atoms in total. The molecule has 6 heteroatoms. The van der Waals surface area contributed by atoms with Gasteiger partial charge >= 0.3 is 0 Å². The maximum Gasteiger partial charge on any atom is 0.167 e. The Labute approximate surface area is 122 Å². The fourth-order valence-corrected chi connectivity index (χ4v) is 5.12. The van der Waals surface area contributed by atoms with Gasteiger partial charge in [-0.25, -0.2) is 0 Å². The molecule has 19 heavy (non-hydrogen) atoms. The second-order valence-electron chi connectivity index (χ2n) is 5.37. The zero-order chi connectivity index (χ0) is 12.7. The van der Waals surface area contributed by atoms with E-state index in [1.54, 1.807) is 11.8 Å². The molecule has 4 aliphatic rings. The van der Waals surface area contributed by atoms with E-state index in [0.717, 1.165) is 24.0 Å². The van der Waals surface area contributed by atoms with Crippen molar-refractivity contribution in [1.29, 1.82) is 0 Å². The van der Waals surface area contributed by atoms with Gasteiger partial charge < -0.3 is 10.2 Å². The van der Waals surface area contributed by atoms with Gasteiger partial charge in [-0.3, -0.25) is 9.98 Å². The summed E-state index contributed by atoms with van der Waals surface area (Å²) in [5.41, 5.74) is 1.39. The molecule has 0 radical (unpaired) electrons. The van der Waals surface area contributed by atoms with Crippen molar-refractivity contribution in [3.63, 3.8) is 0 Å². The van der Waals surface area contributed by atoms with Crippen molar-refractivity contribution in [2.24, 2.45) is 9.98 Å². The van der Waals surface area contributed by atoms with Gasteiger partial charge in [0.15, 0.2) is 10.3 Å². The molecule has 0 bridgehead atoms. The number of rotatable bonds is 2. The number of thioether (sulfide) groups is 2. The molecule has 1 saturated carbocycles. The molecule has 2 atom stereocenters. The largest absolute Gasteiger partial charge is 0.360 e. The topological polar surface area (TPSA) is 40.0 Å². The van der Waals surface area contributed by atoms with Gasteiger partial charge in [-0.05, 0) is 18.2 Å². The lowest BCUT2D eigenvalue weighted by Crippen LogP contribution is -2.36. The van der Waals surface area contributed by atoms with Crippen molar-refractivity contribution in [3.05, 3.63) is 11.1 Å². The summed E-state index contributed by atoms with van der Waals surface area (Å²) in [5.74, 6) is 1.01. The number of hydrogen-bond donors (Lipinski definition) is 1. The highest BCUT2D eigenvalue weighted by Gasteiger charge is 2.32. The van der Waals surface area contributed by atoms with Crippen LogP contribution in [-0.4, -0.2) is 46.2 Å². The van der Waals surface area contributed by atoms with Gasteiger partial charge in [0.25, 0.3) is 0 Å². The van der Waals surface area contributed by atoms with Crippen molar-refractivity contribution in [3.8, 4) is 0 Å². The smallest absolute Gasteiger partial charge is 0.167 e. The molecule has 0 aromatic heterocycles. The number of hydrogen-bond acceptors (Lipinski definition) is 6. The Morgan fingerprint density at radius 1 is 1.42 bits per heavy atom. The minimum absolute atomic E-state index is 0.548. The molecule has 0 saturated heterocycles. The highest BCUT2D eigenvalue weighted by molar-refractivity contribution is 8.17. The quantitative estimate of drug-likeness (QED) is 0.848. The third-order valence-electron chi connectivity index (χ3n) is 4.13. The fraction of sp³-hybridized carbons (Fsp3) is 0.692. The molecule has 1 N–H and O–H groups in total. The maximum atomic E-state index is 4.84. The number of amidine groups is 2. The average molecular weight is 294 g/mol. The number of aliphatic imine (C=N–C) groups is 2. The van der Waals surface area contributed by atoms with Crippen LogP contribution in [0, 0.1) is 0 Å². The minimum Gasteiger partial charge on any atom is -0.360 e. The normalized spacial score (nSPS) is 32.4. The molecule has 0 spiro atoms. The Hall–Kier alpha value is -0.620. The van der Waals surface area contributed by atoms with Crippen molar-refractivity contribution >= 4 is 33.9 Å². The molecule has 102 valence electrons. The van der Waals surface area contributed by atoms with Crippen molar-refractivity contribution in [2.45, 2.75) is 37.8 Å². The minimum atomic E-state index is 0.548. The number of nitrogens with zero attached hydrogens (tertiary/aromatic N) is 3. The second-order valence-corrected chi connectivity index (χ2v) is 7.17. The van der Waals surface area contributed by atoms with E-state index in [1.165, 1.54) is 36.5 Å². The van der Waals surface area contributed by atoms with E-state index in [1.807, 2.05) is 11.8 Å². The van der Waals surface area contributed by atoms with Crippen molar-refractivity contribution in [2.75, 3.05) is 18.8 Å². The summed E-state index contributed by atoms with van der Waals surface area (Å²) in [4.78, 5) is 11.7. The van der Waals surface area contributed by atoms with Gasteiger partial charge in [0.05, 0.1) is 18.6 Å². The van der Waals surface area contributed by atoms with Crippen LogP contribution in [0.25, 0.3) is 0 Å². The molecule has 0 amide bonds. The SMILES string of the molecule is C1=C(CSC2=N[C@H]3CCCC[C@@H]3N2)N2CCN=C2S1. The van der Waals surface area contributed by atoms with Crippen LogP contribution < -0.4 is 5.32 Å². The first-order valence-electron chi connectivity index (χ1n) is 7.05. The number of fused-ring (bicyclic) bond motifs is 2. The number of nitrogens with one attached hydrogen (secondary N) is 1. The van der Waals surface area contributed by atoms with Gasteiger partial charge in [-0.2, -0.15) is 0 Å². The van der Waals surface area contributed by atoms with E-state index in [9.17, 15) is 0 Å². The molecule has 1 fully saturated rings. The molecular formula is C13H18N4S2. The van der Waals surface area contributed by atoms with E-state index < -0.39 is 0 Å². The summed E-state index contributed by atoms with van der Waals surface area (Å²) < 4.78 is 0. The monoisotopic (exact) mass is 294 g/mol. The molecule has 3 aliphatic heterocycles. The molecular weight excluding hydrogens is 276 g/mol.